The predicted octanol–water partition coefficient (Wildman–Crippen LogP) is 2.39. The molecule has 0 spiro atoms. The molecule has 6 nitrogen and oxygen atoms in total. The molecule has 2 aliphatic heterocycles. The lowest BCUT2D eigenvalue weighted by Crippen LogP contribution is -2.49. The molecule has 1 fully saturated rings. The maximum atomic E-state index is 12.7. The van der Waals surface area contributed by atoms with Gasteiger partial charge in [0.05, 0.1) is 6.54 Å². The van der Waals surface area contributed by atoms with Gasteiger partial charge in [-0.2, -0.15) is 0 Å². The molecule has 1 amide bonds. The topological polar surface area (TPSA) is 61.9 Å². The van der Waals surface area contributed by atoms with Gasteiger partial charge in [-0.25, -0.2) is 4.98 Å². The zero-order chi connectivity index (χ0) is 16.7. The molecule has 0 bridgehead atoms. The van der Waals surface area contributed by atoms with E-state index in [9.17, 15) is 4.79 Å². The molecular formula is C17H20N4O2S. The van der Waals surface area contributed by atoms with Gasteiger partial charge in [-0.15, -0.1) is 0 Å². The van der Waals surface area contributed by atoms with Gasteiger partial charge >= 0.3 is 0 Å². The highest BCUT2D eigenvalue weighted by Gasteiger charge is 2.28. The number of hydrogen-bond acceptors (Lipinski definition) is 6. The van der Waals surface area contributed by atoms with Crippen molar-refractivity contribution in [3.05, 3.63) is 29.7 Å². The Bertz CT molecular complexity index is 808. The van der Waals surface area contributed by atoms with Crippen LogP contribution in [0.4, 0.5) is 0 Å². The molecule has 2 aromatic rings. The SMILES string of the molecule is Cc1ccc2oc(C(=O)N3CCN(C4=NC[C@@H](C)S4)CC3)cc2n1. The number of carbonyl (C=O) groups excluding carboxylic acids is 1. The Labute approximate surface area is 144 Å². The maximum Gasteiger partial charge on any atom is 0.289 e. The molecular weight excluding hydrogens is 324 g/mol. The Kier molecular flexibility index (Phi) is 3.96. The van der Waals surface area contributed by atoms with Crippen LogP contribution in [0.1, 0.15) is 23.2 Å². The number of nitrogens with zero attached hydrogens (tertiary/aromatic N) is 4. The molecule has 1 atom stereocenters. The second kappa shape index (κ2) is 6.12. The number of amidine groups is 1. The fourth-order valence-electron chi connectivity index (χ4n) is 3.02. The fraction of sp³-hybridized carbons (Fsp3) is 0.471. The van der Waals surface area contributed by atoms with Gasteiger partial charge in [0.2, 0.25) is 0 Å². The Morgan fingerprint density at radius 2 is 2.08 bits per heavy atom. The summed E-state index contributed by atoms with van der Waals surface area (Å²) in [7, 11) is 0. The van der Waals surface area contributed by atoms with Gasteiger partial charge in [-0.3, -0.25) is 9.79 Å². The van der Waals surface area contributed by atoms with Crippen LogP contribution in [0, 0.1) is 6.92 Å². The largest absolute Gasteiger partial charge is 0.449 e. The molecule has 0 saturated carbocycles. The Balaban J connectivity index is 1.43. The number of pyridine rings is 1. The number of piperazine rings is 1. The average molecular weight is 344 g/mol. The molecule has 0 aliphatic carbocycles. The van der Waals surface area contributed by atoms with Gasteiger partial charge in [0.25, 0.3) is 5.91 Å². The minimum Gasteiger partial charge on any atom is -0.449 e. The van der Waals surface area contributed by atoms with Crippen molar-refractivity contribution in [2.75, 3.05) is 32.7 Å². The Morgan fingerprint density at radius 1 is 1.29 bits per heavy atom. The van der Waals surface area contributed by atoms with Crippen LogP contribution in [0.2, 0.25) is 0 Å². The molecule has 4 rings (SSSR count). The van der Waals surface area contributed by atoms with Crippen LogP contribution < -0.4 is 0 Å². The first-order valence-corrected chi connectivity index (χ1v) is 9.10. The summed E-state index contributed by atoms with van der Waals surface area (Å²) in [6.45, 7) is 8.04. The third-order valence-corrected chi connectivity index (χ3v) is 5.50. The molecule has 0 radical (unpaired) electrons. The van der Waals surface area contributed by atoms with Gasteiger partial charge in [-0.1, -0.05) is 18.7 Å². The zero-order valence-electron chi connectivity index (χ0n) is 13.9. The molecule has 2 aliphatic rings. The van der Waals surface area contributed by atoms with Crippen LogP contribution in [0.5, 0.6) is 0 Å². The molecule has 1 saturated heterocycles. The quantitative estimate of drug-likeness (QED) is 0.795. The van der Waals surface area contributed by atoms with E-state index in [0.29, 0.717) is 29.7 Å². The molecule has 0 N–H and O–H groups in total. The van der Waals surface area contributed by atoms with Crippen molar-refractivity contribution in [3.8, 4) is 0 Å². The second-order valence-electron chi connectivity index (χ2n) is 6.28. The van der Waals surface area contributed by atoms with Gasteiger partial charge in [0.15, 0.2) is 16.5 Å². The summed E-state index contributed by atoms with van der Waals surface area (Å²) >= 11 is 1.83. The summed E-state index contributed by atoms with van der Waals surface area (Å²) in [5.41, 5.74) is 2.32. The highest BCUT2D eigenvalue weighted by atomic mass is 32.2. The minimum absolute atomic E-state index is 0.0558. The predicted molar refractivity (Wildman–Crippen MR) is 95.6 cm³/mol. The zero-order valence-corrected chi connectivity index (χ0v) is 14.7. The fourth-order valence-corrected chi connectivity index (χ4v) is 4.01. The number of furan rings is 1. The molecule has 0 aromatic carbocycles. The normalized spacial score (nSPS) is 21.4. The van der Waals surface area contributed by atoms with E-state index in [1.54, 1.807) is 6.07 Å². The van der Waals surface area contributed by atoms with Gasteiger partial charge in [0.1, 0.15) is 5.52 Å². The Morgan fingerprint density at radius 3 is 2.79 bits per heavy atom. The molecule has 24 heavy (non-hydrogen) atoms. The van der Waals surface area contributed by atoms with Crippen molar-refractivity contribution in [3.63, 3.8) is 0 Å². The summed E-state index contributed by atoms with van der Waals surface area (Å²) in [6.07, 6.45) is 0. The summed E-state index contributed by atoms with van der Waals surface area (Å²) in [5, 5.41) is 1.68. The van der Waals surface area contributed by atoms with Crippen molar-refractivity contribution in [1.82, 2.24) is 14.8 Å². The van der Waals surface area contributed by atoms with E-state index < -0.39 is 0 Å². The minimum atomic E-state index is -0.0558. The first-order valence-electron chi connectivity index (χ1n) is 8.23. The molecule has 2 aromatic heterocycles. The van der Waals surface area contributed by atoms with E-state index in [2.05, 4.69) is 21.8 Å². The van der Waals surface area contributed by atoms with E-state index in [1.165, 1.54) is 0 Å². The second-order valence-corrected chi connectivity index (χ2v) is 7.68. The number of hydrogen-bond donors (Lipinski definition) is 0. The maximum absolute atomic E-state index is 12.7. The summed E-state index contributed by atoms with van der Waals surface area (Å²) in [4.78, 5) is 25.8. The third-order valence-electron chi connectivity index (χ3n) is 4.35. The first kappa shape index (κ1) is 15.5. The van der Waals surface area contributed by atoms with Crippen LogP contribution in [0.25, 0.3) is 11.1 Å². The number of thioether (sulfide) groups is 1. The number of fused-ring (bicyclic) bond motifs is 1. The number of rotatable bonds is 1. The van der Waals surface area contributed by atoms with Crippen molar-refractivity contribution in [2.24, 2.45) is 4.99 Å². The van der Waals surface area contributed by atoms with E-state index >= 15 is 0 Å². The molecule has 7 heteroatoms. The van der Waals surface area contributed by atoms with Crippen LogP contribution in [-0.4, -0.2) is 63.8 Å². The number of aromatic nitrogens is 1. The lowest BCUT2D eigenvalue weighted by Gasteiger charge is -2.35. The highest BCUT2D eigenvalue weighted by molar-refractivity contribution is 8.14. The number of aliphatic imine (C=N–C) groups is 1. The first-order chi connectivity index (χ1) is 11.6. The number of aryl methyl sites for hydroxylation is 1. The van der Waals surface area contributed by atoms with Crippen LogP contribution in [0.3, 0.4) is 0 Å². The average Bonchev–Trinajstić information content (AvgIpc) is 3.20. The van der Waals surface area contributed by atoms with Gasteiger partial charge < -0.3 is 14.2 Å². The van der Waals surface area contributed by atoms with Crippen LogP contribution >= 0.6 is 11.8 Å². The van der Waals surface area contributed by atoms with Gasteiger partial charge in [-0.05, 0) is 19.1 Å². The standard InChI is InChI=1S/C17H20N4O2S/c1-11-3-4-14-13(19-11)9-15(23-14)16(22)20-5-7-21(8-6-20)17-18-10-12(2)24-17/h3-4,9,12H,5-8,10H2,1-2H3/t12-/m1/s1. The highest BCUT2D eigenvalue weighted by Crippen LogP contribution is 2.24. The summed E-state index contributed by atoms with van der Waals surface area (Å²) in [6, 6.07) is 5.50. The van der Waals surface area contributed by atoms with Crippen LogP contribution in [0.15, 0.2) is 27.6 Å². The van der Waals surface area contributed by atoms with Crippen molar-refractivity contribution in [2.45, 2.75) is 19.1 Å². The van der Waals surface area contributed by atoms with E-state index in [4.69, 9.17) is 4.42 Å². The number of amides is 1. The summed E-state index contributed by atoms with van der Waals surface area (Å²) in [5.74, 6) is 0.317. The third kappa shape index (κ3) is 2.88. The van der Waals surface area contributed by atoms with E-state index in [0.717, 1.165) is 36.0 Å². The van der Waals surface area contributed by atoms with Crippen molar-refractivity contribution in [1.29, 1.82) is 0 Å². The summed E-state index contributed by atoms with van der Waals surface area (Å²) < 4.78 is 5.68. The monoisotopic (exact) mass is 344 g/mol. The lowest BCUT2D eigenvalue weighted by atomic mass is 10.3. The number of carbonyl (C=O) groups is 1. The smallest absolute Gasteiger partial charge is 0.289 e. The van der Waals surface area contributed by atoms with Crippen molar-refractivity contribution >= 4 is 33.9 Å². The van der Waals surface area contributed by atoms with Crippen LogP contribution in [-0.2, 0) is 0 Å². The molecule has 4 heterocycles. The van der Waals surface area contributed by atoms with E-state index in [1.807, 2.05) is 35.7 Å². The van der Waals surface area contributed by atoms with Gasteiger partial charge in [0, 0.05) is 43.2 Å². The lowest BCUT2D eigenvalue weighted by molar-refractivity contribution is 0.0664. The molecule has 0 unspecified atom stereocenters. The van der Waals surface area contributed by atoms with E-state index in [-0.39, 0.29) is 5.91 Å². The van der Waals surface area contributed by atoms with Crippen molar-refractivity contribution < 1.29 is 9.21 Å². The Hall–Kier alpha value is -2.02. The molecule has 126 valence electrons.